The molecule has 0 amide bonds. The zero-order valence-corrected chi connectivity index (χ0v) is 16.8. The average molecular weight is 381 g/mol. The largest absolute Gasteiger partial charge is 0.497 e. The number of guanidine groups is 1. The van der Waals surface area contributed by atoms with Crippen molar-refractivity contribution in [2.75, 3.05) is 34.8 Å². The Morgan fingerprint density at radius 1 is 1.18 bits per heavy atom. The third kappa shape index (κ3) is 4.58. The van der Waals surface area contributed by atoms with Crippen molar-refractivity contribution in [2.24, 2.45) is 4.99 Å². The van der Waals surface area contributed by atoms with Crippen molar-refractivity contribution in [2.45, 2.75) is 12.6 Å². The van der Waals surface area contributed by atoms with Gasteiger partial charge in [-0.1, -0.05) is 18.2 Å². The molecule has 0 fully saturated rings. The number of nitrogens with zero attached hydrogens (tertiary/aromatic N) is 5. The Bertz CT molecular complexity index is 935. The number of methoxy groups -OCH3 is 1. The molecule has 0 radical (unpaired) electrons. The molecule has 0 aliphatic heterocycles. The Morgan fingerprint density at radius 3 is 2.79 bits per heavy atom. The van der Waals surface area contributed by atoms with Crippen LogP contribution >= 0.6 is 0 Å². The molecule has 1 aromatic carbocycles. The number of fused-ring (bicyclic) bond motifs is 1. The molecule has 0 saturated heterocycles. The second-order valence-electron chi connectivity index (χ2n) is 6.61. The molecular weight excluding hydrogens is 354 g/mol. The molecule has 2 aromatic heterocycles. The summed E-state index contributed by atoms with van der Waals surface area (Å²) >= 11 is 0. The second-order valence-corrected chi connectivity index (χ2v) is 6.61. The van der Waals surface area contributed by atoms with Gasteiger partial charge in [0.1, 0.15) is 5.75 Å². The second kappa shape index (κ2) is 9.18. The molecule has 2 N–H and O–H groups in total. The topological polar surface area (TPSA) is 79.1 Å². The van der Waals surface area contributed by atoms with Gasteiger partial charge in [0.2, 0.25) is 0 Å². The predicted octanol–water partition coefficient (Wildman–Crippen LogP) is 1.71. The van der Waals surface area contributed by atoms with Gasteiger partial charge in [-0.15, -0.1) is 10.2 Å². The summed E-state index contributed by atoms with van der Waals surface area (Å²) in [6.45, 7) is 1.22. The van der Waals surface area contributed by atoms with E-state index in [-0.39, 0.29) is 6.04 Å². The van der Waals surface area contributed by atoms with E-state index in [0.29, 0.717) is 19.0 Å². The molecule has 0 bridgehead atoms. The van der Waals surface area contributed by atoms with Crippen molar-refractivity contribution in [3.63, 3.8) is 0 Å². The minimum atomic E-state index is 0.169. The molecular formula is C20H27N7O. The highest BCUT2D eigenvalue weighted by atomic mass is 16.5. The maximum Gasteiger partial charge on any atom is 0.191 e. The van der Waals surface area contributed by atoms with E-state index in [9.17, 15) is 0 Å². The third-order valence-electron chi connectivity index (χ3n) is 4.59. The Labute approximate surface area is 165 Å². The fraction of sp³-hybridized carbons (Fsp3) is 0.350. The number of ether oxygens (including phenoxy) is 1. The summed E-state index contributed by atoms with van der Waals surface area (Å²) in [5.74, 6) is 2.39. The molecule has 148 valence electrons. The zero-order valence-electron chi connectivity index (χ0n) is 16.8. The van der Waals surface area contributed by atoms with Crippen molar-refractivity contribution >= 4 is 11.6 Å². The van der Waals surface area contributed by atoms with Crippen molar-refractivity contribution in [1.82, 2.24) is 30.1 Å². The molecule has 3 aromatic rings. The van der Waals surface area contributed by atoms with Gasteiger partial charge in [-0.05, 0) is 43.9 Å². The maximum absolute atomic E-state index is 5.36. The fourth-order valence-electron chi connectivity index (χ4n) is 3.04. The van der Waals surface area contributed by atoms with Crippen LogP contribution in [0.15, 0.2) is 53.7 Å². The van der Waals surface area contributed by atoms with E-state index >= 15 is 0 Å². The van der Waals surface area contributed by atoms with Crippen molar-refractivity contribution in [3.05, 3.63) is 60.0 Å². The van der Waals surface area contributed by atoms with Crippen LogP contribution in [0, 0.1) is 0 Å². The van der Waals surface area contributed by atoms with Crippen LogP contribution in [0.5, 0.6) is 5.75 Å². The lowest BCUT2D eigenvalue weighted by Crippen LogP contribution is -2.41. The normalized spacial score (nSPS) is 13.0. The molecule has 8 heteroatoms. The first kappa shape index (κ1) is 19.6. The monoisotopic (exact) mass is 381 g/mol. The molecule has 0 spiro atoms. The fourth-order valence-corrected chi connectivity index (χ4v) is 3.04. The number of benzene rings is 1. The van der Waals surface area contributed by atoms with E-state index in [1.54, 1.807) is 14.2 Å². The van der Waals surface area contributed by atoms with Crippen LogP contribution in [0.2, 0.25) is 0 Å². The molecule has 0 aliphatic carbocycles. The average Bonchev–Trinajstić information content (AvgIpc) is 3.13. The lowest BCUT2D eigenvalue weighted by Gasteiger charge is -2.26. The summed E-state index contributed by atoms with van der Waals surface area (Å²) in [5.41, 5.74) is 2.00. The van der Waals surface area contributed by atoms with Gasteiger partial charge < -0.3 is 20.3 Å². The molecule has 0 aliphatic rings. The van der Waals surface area contributed by atoms with Gasteiger partial charge in [0, 0.05) is 19.8 Å². The first-order valence-corrected chi connectivity index (χ1v) is 9.16. The van der Waals surface area contributed by atoms with Gasteiger partial charge in [-0.3, -0.25) is 9.39 Å². The van der Waals surface area contributed by atoms with Gasteiger partial charge in [-0.25, -0.2) is 0 Å². The van der Waals surface area contributed by atoms with Crippen molar-refractivity contribution in [3.8, 4) is 5.75 Å². The number of hydrogen-bond acceptors (Lipinski definition) is 5. The minimum absolute atomic E-state index is 0.169. The van der Waals surface area contributed by atoms with E-state index in [1.807, 2.05) is 40.9 Å². The summed E-state index contributed by atoms with van der Waals surface area (Å²) in [6, 6.07) is 14.1. The molecule has 2 heterocycles. The Kier molecular flexibility index (Phi) is 6.44. The van der Waals surface area contributed by atoms with Gasteiger partial charge in [0.15, 0.2) is 17.4 Å². The highest BCUT2D eigenvalue weighted by Crippen LogP contribution is 2.22. The predicted molar refractivity (Wildman–Crippen MR) is 111 cm³/mol. The van der Waals surface area contributed by atoms with Crippen LogP contribution in [0.25, 0.3) is 5.65 Å². The molecule has 3 rings (SSSR count). The highest BCUT2D eigenvalue weighted by Gasteiger charge is 2.15. The van der Waals surface area contributed by atoms with Gasteiger partial charge in [-0.2, -0.15) is 0 Å². The lowest BCUT2D eigenvalue weighted by molar-refractivity contribution is 0.297. The van der Waals surface area contributed by atoms with E-state index in [4.69, 9.17) is 4.74 Å². The number of nitrogens with one attached hydrogen (secondary N) is 2. The van der Waals surface area contributed by atoms with E-state index in [1.165, 1.54) is 5.56 Å². The Balaban J connectivity index is 1.63. The van der Waals surface area contributed by atoms with Crippen LogP contribution in [-0.4, -0.2) is 60.3 Å². The number of hydrogen-bond donors (Lipinski definition) is 2. The van der Waals surface area contributed by atoms with E-state index < -0.39 is 0 Å². The molecule has 1 unspecified atom stereocenters. The van der Waals surface area contributed by atoms with Crippen LogP contribution in [0.4, 0.5) is 0 Å². The molecule has 0 saturated carbocycles. The van der Waals surface area contributed by atoms with Crippen molar-refractivity contribution in [1.29, 1.82) is 0 Å². The van der Waals surface area contributed by atoms with Crippen LogP contribution < -0.4 is 15.4 Å². The third-order valence-corrected chi connectivity index (χ3v) is 4.59. The Hall–Kier alpha value is -3.13. The number of likely N-dealkylation sites (N-methyl/N-ethyl adjacent to an activating group) is 1. The minimum Gasteiger partial charge on any atom is -0.497 e. The maximum atomic E-state index is 5.36. The molecule has 8 nitrogen and oxygen atoms in total. The number of aromatic nitrogens is 3. The van der Waals surface area contributed by atoms with E-state index in [2.05, 4.69) is 57.0 Å². The number of pyridine rings is 1. The molecule has 28 heavy (non-hydrogen) atoms. The first-order chi connectivity index (χ1) is 13.6. The summed E-state index contributed by atoms with van der Waals surface area (Å²) in [7, 11) is 7.56. The number of rotatable bonds is 7. The van der Waals surface area contributed by atoms with Gasteiger partial charge >= 0.3 is 0 Å². The van der Waals surface area contributed by atoms with Gasteiger partial charge in [0.05, 0.1) is 19.7 Å². The summed E-state index contributed by atoms with van der Waals surface area (Å²) in [4.78, 5) is 6.49. The summed E-state index contributed by atoms with van der Waals surface area (Å²) in [6.07, 6.45) is 1.95. The SMILES string of the molecule is CN=C(NCc1nnc2ccccn12)NCC(c1cccc(OC)c1)N(C)C. The summed E-state index contributed by atoms with van der Waals surface area (Å²) < 4.78 is 7.31. The first-order valence-electron chi connectivity index (χ1n) is 9.16. The zero-order chi connectivity index (χ0) is 19.9. The number of aliphatic imine (C=N–C) groups is 1. The highest BCUT2D eigenvalue weighted by molar-refractivity contribution is 5.79. The van der Waals surface area contributed by atoms with Crippen LogP contribution in [0.1, 0.15) is 17.4 Å². The Morgan fingerprint density at radius 2 is 2.04 bits per heavy atom. The lowest BCUT2D eigenvalue weighted by atomic mass is 10.1. The molecule has 1 atom stereocenters. The van der Waals surface area contributed by atoms with E-state index in [0.717, 1.165) is 17.2 Å². The van der Waals surface area contributed by atoms with Crippen molar-refractivity contribution < 1.29 is 4.74 Å². The van der Waals surface area contributed by atoms with Gasteiger partial charge in [0.25, 0.3) is 0 Å². The summed E-state index contributed by atoms with van der Waals surface area (Å²) in [5, 5.41) is 15.1. The smallest absolute Gasteiger partial charge is 0.191 e. The quantitative estimate of drug-likeness (QED) is 0.479. The van der Waals surface area contributed by atoms with Crippen LogP contribution in [-0.2, 0) is 6.54 Å². The van der Waals surface area contributed by atoms with Crippen LogP contribution in [0.3, 0.4) is 0 Å². The standard InChI is InChI=1S/C20H27N7O/c1-21-20(23-14-19-25-24-18-10-5-6-11-27(18)19)22-13-17(26(2)3)15-8-7-9-16(12-15)28-4/h5-12,17H,13-14H2,1-4H3,(H2,21,22,23).